The van der Waals surface area contributed by atoms with E-state index < -0.39 is 6.61 Å². The molecule has 1 amide bonds. The molecule has 1 aliphatic carbocycles. The number of carbonyl (C=O) groups excluding carboxylic acids is 1. The van der Waals surface area contributed by atoms with E-state index in [0.29, 0.717) is 44.5 Å². The second-order valence-electron chi connectivity index (χ2n) is 6.81. The number of nitrogens with two attached hydrogens (primary N) is 1. The number of piperazine rings is 1. The first-order chi connectivity index (χ1) is 12.5. The van der Waals surface area contributed by atoms with E-state index >= 15 is 0 Å². The molecule has 1 saturated carbocycles. The van der Waals surface area contributed by atoms with Gasteiger partial charge in [0.1, 0.15) is 0 Å². The molecule has 1 unspecified atom stereocenters. The summed E-state index contributed by atoms with van der Waals surface area (Å²) in [6.07, 6.45) is 2.21. The highest BCUT2D eigenvalue weighted by atomic mass is 35.5. The smallest absolute Gasteiger partial charge is 0.387 e. The van der Waals surface area contributed by atoms with Crippen LogP contribution < -0.4 is 20.1 Å². The third-order valence-corrected chi connectivity index (χ3v) is 4.84. The Kier molecular flexibility index (Phi) is 7.49. The van der Waals surface area contributed by atoms with E-state index in [4.69, 9.17) is 10.5 Å². The molecule has 0 bridgehead atoms. The Balaban J connectivity index is 0.00000261. The van der Waals surface area contributed by atoms with Gasteiger partial charge in [0.2, 0.25) is 5.91 Å². The lowest BCUT2D eigenvalue weighted by molar-refractivity contribution is -0.131. The molecule has 1 saturated heterocycles. The zero-order valence-corrected chi connectivity index (χ0v) is 16.1. The summed E-state index contributed by atoms with van der Waals surface area (Å²) in [7, 11) is 0. The average molecular weight is 406 g/mol. The molecule has 1 aromatic rings. The minimum absolute atomic E-state index is 0. The predicted octanol–water partition coefficient (Wildman–Crippen LogP) is 2.49. The van der Waals surface area contributed by atoms with Crippen LogP contribution in [-0.4, -0.2) is 56.2 Å². The summed E-state index contributed by atoms with van der Waals surface area (Å²) in [5.74, 6) is 0.878. The van der Waals surface area contributed by atoms with Crippen molar-refractivity contribution in [1.29, 1.82) is 0 Å². The fourth-order valence-electron chi connectivity index (χ4n) is 3.20. The van der Waals surface area contributed by atoms with Gasteiger partial charge in [-0.2, -0.15) is 8.78 Å². The molecule has 1 heterocycles. The standard InChI is InChI=1S/C18H25F2N3O3.ClH/c1-12(24)23-7-6-22(10-15(23)9-21)14-4-5-16(26-18(19)20)17(8-14)25-11-13-2-3-13;/h4-5,8,13,15,18H,2-3,6-7,9-11,21H2,1H3;1H. The van der Waals surface area contributed by atoms with Gasteiger partial charge in [0, 0.05) is 44.9 Å². The van der Waals surface area contributed by atoms with Crippen LogP contribution in [0, 0.1) is 5.92 Å². The van der Waals surface area contributed by atoms with Gasteiger partial charge in [0.05, 0.1) is 12.6 Å². The maximum absolute atomic E-state index is 12.6. The van der Waals surface area contributed by atoms with Crippen LogP contribution >= 0.6 is 12.4 Å². The number of anilines is 1. The highest BCUT2D eigenvalue weighted by Gasteiger charge is 2.29. The first kappa shape index (κ1) is 21.5. The van der Waals surface area contributed by atoms with Crippen LogP contribution in [0.5, 0.6) is 11.5 Å². The number of amides is 1. The predicted molar refractivity (Wildman–Crippen MR) is 101 cm³/mol. The van der Waals surface area contributed by atoms with Gasteiger partial charge < -0.3 is 25.0 Å². The van der Waals surface area contributed by atoms with Crippen molar-refractivity contribution in [2.45, 2.75) is 32.4 Å². The van der Waals surface area contributed by atoms with Crippen molar-refractivity contribution in [2.24, 2.45) is 11.7 Å². The number of hydrogen-bond acceptors (Lipinski definition) is 5. The monoisotopic (exact) mass is 405 g/mol. The normalized spacial score (nSPS) is 19.7. The van der Waals surface area contributed by atoms with Gasteiger partial charge in [0.25, 0.3) is 0 Å². The Morgan fingerprint density at radius 3 is 2.63 bits per heavy atom. The van der Waals surface area contributed by atoms with Crippen molar-refractivity contribution in [1.82, 2.24) is 4.90 Å². The van der Waals surface area contributed by atoms with Gasteiger partial charge >= 0.3 is 6.61 Å². The SMILES string of the molecule is CC(=O)N1CCN(c2ccc(OC(F)F)c(OCC3CC3)c2)CC1CN.Cl. The van der Waals surface area contributed by atoms with Gasteiger partial charge in [0.15, 0.2) is 11.5 Å². The lowest BCUT2D eigenvalue weighted by Gasteiger charge is -2.41. The van der Waals surface area contributed by atoms with Crippen LogP contribution in [0.25, 0.3) is 0 Å². The van der Waals surface area contributed by atoms with E-state index in [9.17, 15) is 13.6 Å². The number of rotatable bonds is 7. The quantitative estimate of drug-likeness (QED) is 0.754. The molecule has 27 heavy (non-hydrogen) atoms. The van der Waals surface area contributed by atoms with E-state index in [0.717, 1.165) is 18.5 Å². The van der Waals surface area contributed by atoms with Crippen LogP contribution in [0.4, 0.5) is 14.5 Å². The molecule has 2 fully saturated rings. The van der Waals surface area contributed by atoms with Crippen LogP contribution in [0.15, 0.2) is 18.2 Å². The Morgan fingerprint density at radius 1 is 1.30 bits per heavy atom. The maximum atomic E-state index is 12.6. The van der Waals surface area contributed by atoms with Crippen LogP contribution in [0.3, 0.4) is 0 Å². The van der Waals surface area contributed by atoms with Gasteiger partial charge in [-0.15, -0.1) is 12.4 Å². The Labute approximate surface area is 164 Å². The zero-order chi connectivity index (χ0) is 18.7. The maximum Gasteiger partial charge on any atom is 0.387 e. The molecule has 152 valence electrons. The van der Waals surface area contributed by atoms with E-state index in [1.165, 1.54) is 6.07 Å². The minimum atomic E-state index is -2.90. The van der Waals surface area contributed by atoms with Crippen molar-refractivity contribution >= 4 is 24.0 Å². The van der Waals surface area contributed by atoms with E-state index in [2.05, 4.69) is 9.64 Å². The van der Waals surface area contributed by atoms with Crippen LogP contribution in [0.2, 0.25) is 0 Å². The highest BCUT2D eigenvalue weighted by Crippen LogP contribution is 2.36. The van der Waals surface area contributed by atoms with Gasteiger partial charge in [-0.3, -0.25) is 4.79 Å². The number of alkyl halides is 2. The van der Waals surface area contributed by atoms with Gasteiger partial charge in [-0.05, 0) is 30.9 Å². The Hall–Kier alpha value is -1.80. The van der Waals surface area contributed by atoms with Crippen molar-refractivity contribution < 1.29 is 23.0 Å². The lowest BCUT2D eigenvalue weighted by atomic mass is 10.1. The molecule has 0 spiro atoms. The molecule has 0 aromatic heterocycles. The molecule has 2 aliphatic rings. The fraction of sp³-hybridized carbons (Fsp3) is 0.611. The summed E-state index contributed by atoms with van der Waals surface area (Å²) in [5, 5.41) is 0. The van der Waals surface area contributed by atoms with Crippen LogP contribution in [-0.2, 0) is 4.79 Å². The van der Waals surface area contributed by atoms with E-state index in [1.54, 1.807) is 24.0 Å². The third kappa shape index (κ3) is 5.59. The third-order valence-electron chi connectivity index (χ3n) is 4.84. The van der Waals surface area contributed by atoms with Gasteiger partial charge in [-0.25, -0.2) is 0 Å². The summed E-state index contributed by atoms with van der Waals surface area (Å²) in [5.41, 5.74) is 6.67. The molecule has 0 radical (unpaired) electrons. The first-order valence-corrected chi connectivity index (χ1v) is 8.91. The second kappa shape index (κ2) is 9.41. The number of halogens is 3. The molecule has 1 aliphatic heterocycles. The van der Waals surface area contributed by atoms with E-state index in [1.807, 2.05) is 0 Å². The topological polar surface area (TPSA) is 68.0 Å². The van der Waals surface area contributed by atoms with Crippen molar-refractivity contribution in [3.8, 4) is 11.5 Å². The van der Waals surface area contributed by atoms with Crippen molar-refractivity contribution in [3.05, 3.63) is 18.2 Å². The van der Waals surface area contributed by atoms with Gasteiger partial charge in [-0.1, -0.05) is 0 Å². The number of ether oxygens (including phenoxy) is 2. The summed E-state index contributed by atoms with van der Waals surface area (Å²) in [6, 6.07) is 4.91. The van der Waals surface area contributed by atoms with Crippen molar-refractivity contribution in [3.63, 3.8) is 0 Å². The largest absolute Gasteiger partial charge is 0.489 e. The average Bonchev–Trinajstić information content (AvgIpc) is 3.44. The van der Waals surface area contributed by atoms with Crippen LogP contribution in [0.1, 0.15) is 19.8 Å². The minimum Gasteiger partial charge on any atom is -0.489 e. The first-order valence-electron chi connectivity index (χ1n) is 8.91. The fourth-order valence-corrected chi connectivity index (χ4v) is 3.20. The number of benzene rings is 1. The number of hydrogen-bond donors (Lipinski definition) is 1. The molecular formula is C18H26ClF2N3O3. The summed E-state index contributed by atoms with van der Waals surface area (Å²) in [4.78, 5) is 15.6. The Bertz CT molecular complexity index is 646. The molecule has 9 heteroatoms. The highest BCUT2D eigenvalue weighted by molar-refractivity contribution is 5.85. The summed E-state index contributed by atoms with van der Waals surface area (Å²) < 4.78 is 35.6. The van der Waals surface area contributed by atoms with E-state index in [-0.39, 0.29) is 30.1 Å². The molecular weight excluding hydrogens is 380 g/mol. The lowest BCUT2D eigenvalue weighted by Crippen LogP contribution is -2.57. The second-order valence-corrected chi connectivity index (χ2v) is 6.81. The molecule has 1 aromatic carbocycles. The molecule has 1 atom stereocenters. The number of carbonyl (C=O) groups is 1. The Morgan fingerprint density at radius 2 is 2.04 bits per heavy atom. The number of nitrogens with zero attached hydrogens (tertiary/aromatic N) is 2. The summed E-state index contributed by atoms with van der Waals surface area (Å²) >= 11 is 0. The summed E-state index contributed by atoms with van der Waals surface area (Å²) in [6.45, 7) is 1.33. The van der Waals surface area contributed by atoms with Crippen molar-refractivity contribution in [2.75, 3.05) is 37.7 Å². The molecule has 6 nitrogen and oxygen atoms in total. The molecule has 3 rings (SSSR count). The zero-order valence-electron chi connectivity index (χ0n) is 15.3. The molecule has 2 N–H and O–H groups in total.